The van der Waals surface area contributed by atoms with Gasteiger partial charge in [-0.05, 0) is 5.56 Å². The first kappa shape index (κ1) is 17.0. The number of aromatic nitrogens is 3. The van der Waals surface area contributed by atoms with Crippen LogP contribution in [0.4, 0.5) is 13.2 Å². The van der Waals surface area contributed by atoms with Gasteiger partial charge in [-0.15, -0.1) is 0 Å². The molecule has 1 N–H and O–H groups in total. The van der Waals surface area contributed by atoms with E-state index in [4.69, 9.17) is 11.6 Å². The fourth-order valence-electron chi connectivity index (χ4n) is 2.23. The molecule has 0 unspecified atom stereocenters. The average Bonchev–Trinajstić information content (AvgIpc) is 2.89. The van der Waals surface area contributed by atoms with Crippen molar-refractivity contribution in [2.24, 2.45) is 0 Å². The zero-order chi connectivity index (χ0) is 18.2. The Bertz CT molecular complexity index is 996. The number of carbonyl (C=O) groups is 1. The van der Waals surface area contributed by atoms with Crippen LogP contribution in [0.3, 0.4) is 0 Å². The summed E-state index contributed by atoms with van der Waals surface area (Å²) in [7, 11) is 0. The Morgan fingerprint density at radius 2 is 1.96 bits per heavy atom. The number of H-pyrrole nitrogens is 1. The number of nitrogens with one attached hydrogen (secondary N) is 1. The molecule has 0 saturated heterocycles. The van der Waals surface area contributed by atoms with Crippen molar-refractivity contribution in [3.8, 4) is 11.1 Å². The maximum absolute atomic E-state index is 12.2. The number of alkyl halides is 3. The summed E-state index contributed by atoms with van der Waals surface area (Å²) in [5, 5.41) is 3.96. The summed E-state index contributed by atoms with van der Waals surface area (Å²) in [5.41, 5.74) is 0.590. The second kappa shape index (κ2) is 6.25. The lowest BCUT2D eigenvalue weighted by molar-refractivity contribution is -0.201. The molecule has 0 aliphatic heterocycles. The van der Waals surface area contributed by atoms with Crippen molar-refractivity contribution in [1.82, 2.24) is 14.6 Å². The Morgan fingerprint density at radius 3 is 2.60 bits per heavy atom. The molecule has 0 bridgehead atoms. The van der Waals surface area contributed by atoms with E-state index in [1.54, 1.807) is 30.3 Å². The van der Waals surface area contributed by atoms with E-state index in [1.807, 2.05) is 0 Å². The number of fused-ring (bicyclic) bond motifs is 1. The van der Waals surface area contributed by atoms with Crippen molar-refractivity contribution in [3.05, 3.63) is 57.6 Å². The van der Waals surface area contributed by atoms with Gasteiger partial charge in [0.15, 0.2) is 5.15 Å². The summed E-state index contributed by atoms with van der Waals surface area (Å²) in [6.45, 7) is -0.749. The van der Waals surface area contributed by atoms with E-state index in [-0.39, 0.29) is 16.5 Å². The number of hydrogen-bond acceptors (Lipinski definition) is 4. The van der Waals surface area contributed by atoms with Crippen LogP contribution in [0.5, 0.6) is 0 Å². The lowest BCUT2D eigenvalue weighted by atomic mass is 10.1. The normalized spacial score (nSPS) is 11.7. The second-order valence-corrected chi connectivity index (χ2v) is 5.36. The molecular weight excluding hydrogens is 363 g/mol. The third-order valence-electron chi connectivity index (χ3n) is 3.28. The first-order valence-electron chi connectivity index (χ1n) is 6.87. The first-order chi connectivity index (χ1) is 11.8. The maximum atomic E-state index is 12.2. The number of halogens is 4. The highest BCUT2D eigenvalue weighted by molar-refractivity contribution is 6.33. The first-order valence-corrected chi connectivity index (χ1v) is 7.25. The van der Waals surface area contributed by atoms with E-state index in [1.165, 1.54) is 0 Å². The van der Waals surface area contributed by atoms with E-state index in [0.717, 1.165) is 10.6 Å². The van der Waals surface area contributed by atoms with Crippen LogP contribution >= 0.6 is 11.6 Å². The maximum Gasteiger partial charge on any atom is 0.490 e. The second-order valence-electron chi connectivity index (χ2n) is 5.00. The number of hydrogen-bond donors (Lipinski definition) is 1. The smallest absolute Gasteiger partial charge is 0.453 e. The van der Waals surface area contributed by atoms with E-state index in [9.17, 15) is 22.8 Å². The van der Waals surface area contributed by atoms with Gasteiger partial charge in [0.25, 0.3) is 5.56 Å². The monoisotopic (exact) mass is 371 g/mol. The molecule has 0 atom stereocenters. The molecule has 0 fully saturated rings. The minimum Gasteiger partial charge on any atom is -0.453 e. The Morgan fingerprint density at radius 1 is 1.28 bits per heavy atom. The van der Waals surface area contributed by atoms with Crippen LogP contribution in [-0.2, 0) is 16.1 Å². The zero-order valence-electron chi connectivity index (χ0n) is 12.3. The number of nitrogens with zero attached hydrogens (tertiary/aromatic N) is 2. The van der Waals surface area contributed by atoms with Crippen molar-refractivity contribution < 1.29 is 22.7 Å². The topological polar surface area (TPSA) is 76.5 Å². The van der Waals surface area contributed by atoms with Gasteiger partial charge in [0, 0.05) is 6.07 Å². The number of esters is 1. The third-order valence-corrected chi connectivity index (χ3v) is 3.55. The van der Waals surface area contributed by atoms with Crippen LogP contribution in [0.1, 0.15) is 5.69 Å². The molecule has 3 aromatic rings. The van der Waals surface area contributed by atoms with Crippen LogP contribution in [0.15, 0.2) is 41.2 Å². The average molecular weight is 372 g/mol. The van der Waals surface area contributed by atoms with Gasteiger partial charge in [-0.2, -0.15) is 22.8 Å². The summed E-state index contributed by atoms with van der Waals surface area (Å²) in [6, 6.07) is 9.74. The highest BCUT2D eigenvalue weighted by Gasteiger charge is 2.40. The number of aromatic amines is 1. The van der Waals surface area contributed by atoms with Gasteiger partial charge in [0.2, 0.25) is 0 Å². The lowest BCUT2D eigenvalue weighted by Crippen LogP contribution is -2.25. The van der Waals surface area contributed by atoms with Gasteiger partial charge in [0.05, 0.1) is 11.3 Å². The molecule has 1 aromatic carbocycles. The van der Waals surface area contributed by atoms with E-state index in [2.05, 4.69) is 14.8 Å². The van der Waals surface area contributed by atoms with Crippen molar-refractivity contribution in [3.63, 3.8) is 0 Å². The van der Waals surface area contributed by atoms with Crippen LogP contribution in [0.25, 0.3) is 16.8 Å². The van der Waals surface area contributed by atoms with Crippen LogP contribution < -0.4 is 5.56 Å². The zero-order valence-corrected chi connectivity index (χ0v) is 13.1. The fourth-order valence-corrected chi connectivity index (χ4v) is 2.50. The summed E-state index contributed by atoms with van der Waals surface area (Å²) in [6.07, 6.45) is -5.11. The van der Waals surface area contributed by atoms with Gasteiger partial charge in [-0.1, -0.05) is 41.9 Å². The van der Waals surface area contributed by atoms with Crippen molar-refractivity contribution in [2.75, 3.05) is 0 Å². The van der Waals surface area contributed by atoms with Crippen LogP contribution in [0.2, 0.25) is 5.15 Å². The van der Waals surface area contributed by atoms with Crippen molar-refractivity contribution in [2.45, 2.75) is 12.8 Å². The van der Waals surface area contributed by atoms with E-state index < -0.39 is 24.3 Å². The van der Waals surface area contributed by atoms with Crippen molar-refractivity contribution >= 4 is 23.2 Å². The van der Waals surface area contributed by atoms with Gasteiger partial charge in [0.1, 0.15) is 12.3 Å². The molecule has 130 valence electrons. The molecule has 0 spiro atoms. The minimum atomic E-state index is -5.11. The molecule has 25 heavy (non-hydrogen) atoms. The van der Waals surface area contributed by atoms with Gasteiger partial charge < -0.3 is 9.72 Å². The molecule has 0 radical (unpaired) electrons. The van der Waals surface area contributed by atoms with Crippen molar-refractivity contribution in [1.29, 1.82) is 0 Å². The number of carbonyl (C=O) groups excluding carboxylic acids is 1. The lowest BCUT2D eigenvalue weighted by Gasteiger charge is -2.08. The minimum absolute atomic E-state index is 0.0242. The van der Waals surface area contributed by atoms with Crippen LogP contribution in [0, 0.1) is 0 Å². The summed E-state index contributed by atoms with van der Waals surface area (Å²) in [5.74, 6) is -2.34. The third kappa shape index (κ3) is 3.36. The molecule has 2 aromatic heterocycles. The number of ether oxygens (including phenoxy) is 1. The summed E-state index contributed by atoms with van der Waals surface area (Å²) in [4.78, 5) is 25.6. The standard InChI is InChI=1S/C15H9ClF3N3O3/c16-12-11(8-4-2-1-3-5-8)13-20-9(6-10(23)22(13)21-12)7-25-14(24)15(17,18)19/h1-6,20H,7H2. The molecule has 2 heterocycles. The Labute approximate surface area is 142 Å². The van der Waals surface area contributed by atoms with E-state index in [0.29, 0.717) is 11.1 Å². The number of rotatable bonds is 3. The molecule has 0 aliphatic rings. The quantitative estimate of drug-likeness (QED) is 0.718. The Hall–Kier alpha value is -2.81. The molecule has 6 nitrogen and oxygen atoms in total. The predicted molar refractivity (Wildman–Crippen MR) is 82.1 cm³/mol. The molecule has 0 aliphatic carbocycles. The number of benzene rings is 1. The summed E-state index contributed by atoms with van der Waals surface area (Å²) < 4.78 is 41.7. The largest absolute Gasteiger partial charge is 0.490 e. The Kier molecular flexibility index (Phi) is 4.25. The molecule has 0 amide bonds. The fraction of sp³-hybridized carbons (Fsp3) is 0.133. The van der Waals surface area contributed by atoms with Crippen LogP contribution in [-0.4, -0.2) is 26.7 Å². The van der Waals surface area contributed by atoms with E-state index >= 15 is 0 Å². The molecule has 3 rings (SSSR count). The molecule has 0 saturated carbocycles. The molecule has 10 heteroatoms. The predicted octanol–water partition coefficient (Wildman–Crippen LogP) is 2.95. The Balaban J connectivity index is 2.03. The van der Waals surface area contributed by atoms with Gasteiger partial charge in [-0.25, -0.2) is 4.79 Å². The van der Waals surface area contributed by atoms with Gasteiger partial charge >= 0.3 is 12.1 Å². The highest BCUT2D eigenvalue weighted by Crippen LogP contribution is 2.30. The SMILES string of the molecule is O=C(OCc1cc(=O)n2nc(Cl)c(-c3ccccc3)c2[nH]1)C(F)(F)F. The van der Waals surface area contributed by atoms with Gasteiger partial charge in [-0.3, -0.25) is 4.79 Å². The summed E-state index contributed by atoms with van der Waals surface area (Å²) >= 11 is 6.09. The highest BCUT2D eigenvalue weighted by atomic mass is 35.5. The molecular formula is C15H9ClF3N3O3.